The van der Waals surface area contributed by atoms with E-state index in [2.05, 4.69) is 40.7 Å². The molecule has 0 spiro atoms. The van der Waals surface area contributed by atoms with Crippen LogP contribution in [0, 0.1) is 20.8 Å². The predicted molar refractivity (Wildman–Crippen MR) is 118 cm³/mol. The van der Waals surface area contributed by atoms with Crippen molar-refractivity contribution in [2.24, 2.45) is 0 Å². The first-order chi connectivity index (χ1) is 13.6. The molecule has 0 aliphatic heterocycles. The lowest BCUT2D eigenvalue weighted by molar-refractivity contribution is 0.0994. The molecule has 1 aliphatic carbocycles. The minimum absolute atomic E-state index is 0.00967. The summed E-state index contributed by atoms with van der Waals surface area (Å²) in [5.74, 6) is 0.449. The van der Waals surface area contributed by atoms with E-state index >= 15 is 0 Å². The first kappa shape index (κ1) is 19.6. The summed E-state index contributed by atoms with van der Waals surface area (Å²) in [5, 5.41) is 5.64. The molecule has 5 nitrogen and oxygen atoms in total. The first-order valence-electron chi connectivity index (χ1n) is 10.3. The highest BCUT2D eigenvalue weighted by molar-refractivity contribution is 6.14. The molecule has 0 saturated heterocycles. The number of amides is 1. The van der Waals surface area contributed by atoms with E-state index in [1.165, 1.54) is 5.56 Å². The van der Waals surface area contributed by atoms with E-state index in [1.807, 2.05) is 36.9 Å². The van der Waals surface area contributed by atoms with Crippen LogP contribution in [0.5, 0.6) is 0 Å². The molecular weight excluding hydrogens is 360 g/mol. The molecule has 0 N–H and O–H groups in total. The van der Waals surface area contributed by atoms with Crippen molar-refractivity contribution in [1.82, 2.24) is 14.8 Å². The summed E-state index contributed by atoms with van der Waals surface area (Å²) < 4.78 is 1.97. The van der Waals surface area contributed by atoms with Crippen LogP contribution < -0.4 is 4.90 Å². The van der Waals surface area contributed by atoms with Gasteiger partial charge >= 0.3 is 0 Å². The number of carbonyl (C=O) groups excluding carboxylic acids is 1. The third kappa shape index (κ3) is 3.33. The van der Waals surface area contributed by atoms with Crippen molar-refractivity contribution >= 4 is 22.6 Å². The first-order valence-corrected chi connectivity index (χ1v) is 10.3. The summed E-state index contributed by atoms with van der Waals surface area (Å²) in [6.07, 6.45) is 2.28. The molecule has 0 unspecified atom stereocenters. The van der Waals surface area contributed by atoms with Gasteiger partial charge in [0.2, 0.25) is 0 Å². The van der Waals surface area contributed by atoms with Gasteiger partial charge in [-0.3, -0.25) is 4.79 Å². The van der Waals surface area contributed by atoms with Crippen molar-refractivity contribution in [1.29, 1.82) is 0 Å². The maximum Gasteiger partial charge on any atom is 0.258 e. The lowest BCUT2D eigenvalue weighted by atomic mass is 10.0. The largest absolute Gasteiger partial charge is 0.311 e. The molecule has 1 amide bonds. The Morgan fingerprint density at radius 2 is 1.86 bits per heavy atom. The Morgan fingerprint density at radius 3 is 2.48 bits per heavy atom. The molecule has 0 bridgehead atoms. The summed E-state index contributed by atoms with van der Waals surface area (Å²) in [7, 11) is 1.86. The molecule has 2 aromatic heterocycles. The van der Waals surface area contributed by atoms with Gasteiger partial charge in [0, 0.05) is 24.3 Å². The fourth-order valence-electron chi connectivity index (χ4n) is 3.92. The Labute approximate surface area is 172 Å². The van der Waals surface area contributed by atoms with Crippen molar-refractivity contribution in [2.45, 2.75) is 65.8 Å². The second-order valence-electron chi connectivity index (χ2n) is 9.32. The summed E-state index contributed by atoms with van der Waals surface area (Å²) >= 11 is 0. The highest BCUT2D eigenvalue weighted by Crippen LogP contribution is 2.41. The van der Waals surface area contributed by atoms with Gasteiger partial charge in [0.15, 0.2) is 5.65 Å². The summed E-state index contributed by atoms with van der Waals surface area (Å²) in [4.78, 5) is 20.4. The number of nitrogens with zero attached hydrogens (tertiary/aromatic N) is 4. The van der Waals surface area contributed by atoms with Gasteiger partial charge in [0.1, 0.15) is 0 Å². The Bertz CT molecular complexity index is 1120. The van der Waals surface area contributed by atoms with Gasteiger partial charge in [0.25, 0.3) is 5.91 Å². The highest BCUT2D eigenvalue weighted by atomic mass is 16.2. The summed E-state index contributed by atoms with van der Waals surface area (Å²) in [5.41, 5.74) is 6.42. The van der Waals surface area contributed by atoms with Crippen LogP contribution in [-0.2, 0) is 5.54 Å². The smallest absolute Gasteiger partial charge is 0.258 e. The van der Waals surface area contributed by atoms with Crippen molar-refractivity contribution in [3.63, 3.8) is 0 Å². The van der Waals surface area contributed by atoms with Crippen molar-refractivity contribution in [3.8, 4) is 0 Å². The van der Waals surface area contributed by atoms with Gasteiger partial charge in [-0.25, -0.2) is 9.67 Å². The van der Waals surface area contributed by atoms with Crippen LogP contribution in [-0.4, -0.2) is 27.7 Å². The van der Waals surface area contributed by atoms with Gasteiger partial charge in [-0.15, -0.1) is 0 Å². The van der Waals surface area contributed by atoms with E-state index in [0.717, 1.165) is 46.5 Å². The van der Waals surface area contributed by atoms with Crippen LogP contribution in [0.2, 0.25) is 0 Å². The number of anilines is 1. The maximum absolute atomic E-state index is 13.7. The van der Waals surface area contributed by atoms with E-state index < -0.39 is 0 Å². The summed E-state index contributed by atoms with van der Waals surface area (Å²) in [6, 6.07) is 8.09. The Balaban J connectivity index is 1.91. The standard InChI is InChI=1S/C24H30N4O/c1-14-9-8-10-20(15(14)2)27(7)23(29)18-13-19(17-11-12-17)25-22-21(18)16(3)26-28(22)24(4,5)6/h8-10,13,17H,11-12H2,1-7H3. The van der Waals surface area contributed by atoms with Gasteiger partial charge in [-0.05, 0) is 77.6 Å². The zero-order chi connectivity index (χ0) is 21.1. The summed E-state index contributed by atoms with van der Waals surface area (Å²) in [6.45, 7) is 12.5. The normalized spacial score (nSPS) is 14.4. The van der Waals surface area contributed by atoms with Gasteiger partial charge in [-0.1, -0.05) is 12.1 Å². The monoisotopic (exact) mass is 390 g/mol. The van der Waals surface area contributed by atoms with Crippen LogP contribution >= 0.6 is 0 Å². The lowest BCUT2D eigenvalue weighted by Crippen LogP contribution is -2.28. The second-order valence-corrected chi connectivity index (χ2v) is 9.32. The van der Waals surface area contributed by atoms with Crippen LogP contribution in [0.3, 0.4) is 0 Å². The predicted octanol–water partition coefficient (Wildman–Crippen LogP) is 5.27. The molecule has 4 rings (SSSR count). The fourth-order valence-corrected chi connectivity index (χ4v) is 3.92. The van der Waals surface area contributed by atoms with Crippen LogP contribution in [0.25, 0.3) is 11.0 Å². The molecule has 29 heavy (non-hydrogen) atoms. The number of fused-ring (bicyclic) bond motifs is 1. The van der Waals surface area contributed by atoms with Crippen LogP contribution in [0.4, 0.5) is 5.69 Å². The van der Waals surface area contributed by atoms with Crippen molar-refractivity contribution in [3.05, 3.63) is 52.3 Å². The number of hydrogen-bond acceptors (Lipinski definition) is 3. The molecule has 0 atom stereocenters. The number of rotatable bonds is 3. The second kappa shape index (κ2) is 6.68. The molecule has 1 aromatic carbocycles. The van der Waals surface area contributed by atoms with E-state index in [9.17, 15) is 4.79 Å². The van der Waals surface area contributed by atoms with E-state index in [-0.39, 0.29) is 11.4 Å². The average molecular weight is 391 g/mol. The zero-order valence-electron chi connectivity index (χ0n) is 18.5. The van der Waals surface area contributed by atoms with Gasteiger partial charge < -0.3 is 4.90 Å². The Kier molecular flexibility index (Phi) is 4.52. The number of pyridine rings is 1. The van der Waals surface area contributed by atoms with E-state index in [4.69, 9.17) is 10.1 Å². The number of benzene rings is 1. The quantitative estimate of drug-likeness (QED) is 0.612. The van der Waals surface area contributed by atoms with E-state index in [0.29, 0.717) is 11.5 Å². The topological polar surface area (TPSA) is 51.0 Å². The fraction of sp³-hybridized carbons (Fsp3) is 0.458. The minimum atomic E-state index is -0.207. The number of carbonyl (C=O) groups is 1. The van der Waals surface area contributed by atoms with Crippen molar-refractivity contribution < 1.29 is 4.79 Å². The average Bonchev–Trinajstić information content (AvgIpc) is 3.45. The van der Waals surface area contributed by atoms with Crippen molar-refractivity contribution in [2.75, 3.05) is 11.9 Å². The Hall–Kier alpha value is -2.69. The molecule has 152 valence electrons. The SMILES string of the molecule is Cc1cccc(N(C)C(=O)c2cc(C3CC3)nc3c2c(C)nn3C(C)(C)C)c1C. The molecule has 2 heterocycles. The number of aryl methyl sites for hydroxylation is 2. The van der Waals surface area contributed by atoms with E-state index in [1.54, 1.807) is 4.90 Å². The number of aromatic nitrogens is 3. The molecule has 1 aliphatic rings. The van der Waals surface area contributed by atoms with Crippen LogP contribution in [0.1, 0.15) is 72.4 Å². The third-order valence-corrected chi connectivity index (χ3v) is 5.94. The molecular formula is C24H30N4O. The zero-order valence-corrected chi connectivity index (χ0v) is 18.5. The van der Waals surface area contributed by atoms with Gasteiger partial charge in [-0.2, -0.15) is 5.10 Å². The number of hydrogen-bond donors (Lipinski definition) is 0. The van der Waals surface area contributed by atoms with Gasteiger partial charge in [0.05, 0.1) is 22.2 Å². The maximum atomic E-state index is 13.7. The lowest BCUT2D eigenvalue weighted by Gasteiger charge is -2.22. The minimum Gasteiger partial charge on any atom is -0.311 e. The molecule has 3 aromatic rings. The third-order valence-electron chi connectivity index (χ3n) is 5.94. The molecule has 1 fully saturated rings. The molecule has 1 saturated carbocycles. The molecule has 5 heteroatoms. The highest BCUT2D eigenvalue weighted by Gasteiger charge is 2.31. The Morgan fingerprint density at radius 1 is 1.17 bits per heavy atom. The van der Waals surface area contributed by atoms with Crippen LogP contribution in [0.15, 0.2) is 24.3 Å². The molecule has 0 radical (unpaired) electrons.